The van der Waals surface area contributed by atoms with Gasteiger partial charge >= 0.3 is 0 Å². The topological polar surface area (TPSA) is 75.0 Å². The van der Waals surface area contributed by atoms with E-state index in [0.717, 1.165) is 48.0 Å². The molecule has 2 fully saturated rings. The summed E-state index contributed by atoms with van der Waals surface area (Å²) in [5.41, 5.74) is 2.91. The smallest absolute Gasteiger partial charge is 0.225 e. The van der Waals surface area contributed by atoms with E-state index in [-0.39, 0.29) is 35.8 Å². The molecular weight excluding hydrogens is 406 g/mol. The number of nitrogens with zero attached hydrogens (tertiary/aromatic N) is 3. The van der Waals surface area contributed by atoms with E-state index < -0.39 is 0 Å². The molecular formula is C25H33N3O4. The average Bonchev–Trinajstić information content (AvgIpc) is 3.02. The fourth-order valence-electron chi connectivity index (χ4n) is 5.99. The minimum absolute atomic E-state index is 0.0724. The van der Waals surface area contributed by atoms with Gasteiger partial charge in [-0.25, -0.2) is 0 Å². The standard InChI is InChI=1S/C25H33N3O4/c1-4-6-21(30)28-15-25(13-27(14-25)24(31)16-7-5-8-16)22-18-10-9-17(32-3)11-19(18)26(2)23(22)20(28)12-29/h9-11,16,20,29H,4-8,12-15H2,1-3H3/t20-/m1/s1. The molecule has 0 radical (unpaired) electrons. The van der Waals surface area contributed by atoms with Crippen LogP contribution in [0.4, 0.5) is 0 Å². The van der Waals surface area contributed by atoms with E-state index in [4.69, 9.17) is 4.74 Å². The van der Waals surface area contributed by atoms with E-state index in [2.05, 4.69) is 10.6 Å². The fourth-order valence-corrected chi connectivity index (χ4v) is 5.99. The first-order chi connectivity index (χ1) is 15.4. The maximum Gasteiger partial charge on any atom is 0.225 e. The Morgan fingerprint density at radius 3 is 2.56 bits per heavy atom. The number of benzene rings is 1. The lowest BCUT2D eigenvalue weighted by molar-refractivity contribution is -0.150. The van der Waals surface area contributed by atoms with E-state index in [1.165, 1.54) is 5.56 Å². The number of amides is 2. The minimum Gasteiger partial charge on any atom is -0.497 e. The van der Waals surface area contributed by atoms with Gasteiger partial charge in [-0.3, -0.25) is 9.59 Å². The van der Waals surface area contributed by atoms with E-state index in [1.54, 1.807) is 7.11 Å². The molecule has 0 bridgehead atoms. The van der Waals surface area contributed by atoms with E-state index in [9.17, 15) is 14.7 Å². The van der Waals surface area contributed by atoms with Crippen LogP contribution in [0.25, 0.3) is 10.9 Å². The Balaban J connectivity index is 1.62. The highest BCUT2D eigenvalue weighted by Crippen LogP contribution is 2.50. The normalized spacial score (nSPS) is 21.9. The zero-order chi connectivity index (χ0) is 22.6. The molecule has 1 aromatic heterocycles. The molecule has 1 aliphatic carbocycles. The lowest BCUT2D eigenvalue weighted by Crippen LogP contribution is -2.69. The molecule has 3 heterocycles. The van der Waals surface area contributed by atoms with Gasteiger partial charge in [0.1, 0.15) is 5.75 Å². The van der Waals surface area contributed by atoms with Crippen molar-refractivity contribution in [1.29, 1.82) is 0 Å². The van der Waals surface area contributed by atoms with Crippen LogP contribution in [0.3, 0.4) is 0 Å². The third kappa shape index (κ3) is 2.97. The number of aromatic nitrogens is 1. The Hall–Kier alpha value is -2.54. The summed E-state index contributed by atoms with van der Waals surface area (Å²) < 4.78 is 7.57. The number of hydrogen-bond donors (Lipinski definition) is 1. The molecule has 0 unspecified atom stereocenters. The van der Waals surface area contributed by atoms with Gasteiger partial charge in [0.2, 0.25) is 11.8 Å². The van der Waals surface area contributed by atoms with Crippen molar-refractivity contribution in [2.24, 2.45) is 13.0 Å². The van der Waals surface area contributed by atoms with Crippen molar-refractivity contribution in [3.05, 3.63) is 29.5 Å². The van der Waals surface area contributed by atoms with Gasteiger partial charge in [-0.05, 0) is 37.0 Å². The first kappa shape index (κ1) is 21.3. The maximum absolute atomic E-state index is 13.1. The molecule has 5 rings (SSSR count). The molecule has 3 aliphatic rings. The predicted octanol–water partition coefficient (Wildman–Crippen LogP) is 2.74. The van der Waals surface area contributed by atoms with Crippen LogP contribution in [-0.2, 0) is 22.1 Å². The molecule has 2 aliphatic heterocycles. The van der Waals surface area contributed by atoms with Crippen LogP contribution in [0.15, 0.2) is 18.2 Å². The van der Waals surface area contributed by atoms with Crippen molar-refractivity contribution >= 4 is 22.7 Å². The van der Waals surface area contributed by atoms with E-state index in [0.29, 0.717) is 26.1 Å². The van der Waals surface area contributed by atoms with Crippen molar-refractivity contribution in [1.82, 2.24) is 14.4 Å². The summed E-state index contributed by atoms with van der Waals surface area (Å²) in [7, 11) is 3.66. The SMILES string of the molecule is CCCC(=O)N1CC2(CN(C(=O)C3CCC3)C2)c2c(n(C)c3cc(OC)ccc23)[C@H]1CO. The molecule has 32 heavy (non-hydrogen) atoms. The number of methoxy groups -OCH3 is 1. The van der Waals surface area contributed by atoms with Gasteiger partial charge in [-0.15, -0.1) is 0 Å². The summed E-state index contributed by atoms with van der Waals surface area (Å²) in [6.07, 6.45) is 4.36. The van der Waals surface area contributed by atoms with Gasteiger partial charge < -0.3 is 24.2 Å². The molecule has 1 saturated heterocycles. The highest BCUT2D eigenvalue weighted by molar-refractivity contribution is 5.91. The molecule has 1 saturated carbocycles. The number of rotatable bonds is 5. The minimum atomic E-state index is -0.380. The number of carbonyl (C=O) groups excluding carboxylic acids is 2. The monoisotopic (exact) mass is 439 g/mol. The van der Waals surface area contributed by atoms with E-state index in [1.807, 2.05) is 35.9 Å². The first-order valence-corrected chi connectivity index (χ1v) is 11.8. The zero-order valence-corrected chi connectivity index (χ0v) is 19.3. The summed E-state index contributed by atoms with van der Waals surface area (Å²) in [4.78, 5) is 29.9. The largest absolute Gasteiger partial charge is 0.497 e. The molecule has 1 spiro atoms. The molecule has 1 aromatic carbocycles. The Morgan fingerprint density at radius 2 is 1.97 bits per heavy atom. The van der Waals surface area contributed by atoms with Crippen LogP contribution in [0, 0.1) is 5.92 Å². The molecule has 1 atom stereocenters. The highest BCUT2D eigenvalue weighted by Gasteiger charge is 2.56. The van der Waals surface area contributed by atoms with Crippen molar-refractivity contribution in [3.8, 4) is 5.75 Å². The molecule has 7 nitrogen and oxygen atoms in total. The predicted molar refractivity (Wildman–Crippen MR) is 122 cm³/mol. The molecule has 2 amide bonds. The summed E-state index contributed by atoms with van der Waals surface area (Å²) >= 11 is 0. The van der Waals surface area contributed by atoms with Gasteiger partial charge in [-0.1, -0.05) is 13.3 Å². The van der Waals surface area contributed by atoms with Crippen LogP contribution in [-0.4, -0.2) is 64.6 Å². The summed E-state index contributed by atoms with van der Waals surface area (Å²) in [5, 5.41) is 11.5. The van der Waals surface area contributed by atoms with Gasteiger partial charge in [0.15, 0.2) is 0 Å². The number of hydrogen-bond acceptors (Lipinski definition) is 4. The number of fused-ring (bicyclic) bond motifs is 4. The molecule has 2 aromatic rings. The van der Waals surface area contributed by atoms with Gasteiger partial charge in [0.05, 0.1) is 30.7 Å². The van der Waals surface area contributed by atoms with Crippen LogP contribution in [0.1, 0.15) is 56.3 Å². The van der Waals surface area contributed by atoms with Gasteiger partial charge in [0.25, 0.3) is 0 Å². The molecule has 1 N–H and O–H groups in total. The highest BCUT2D eigenvalue weighted by atomic mass is 16.5. The van der Waals surface area contributed by atoms with Crippen molar-refractivity contribution in [2.45, 2.75) is 50.5 Å². The Labute approximate surface area is 188 Å². The van der Waals surface area contributed by atoms with Crippen molar-refractivity contribution < 1.29 is 19.4 Å². The van der Waals surface area contributed by atoms with Gasteiger partial charge in [0, 0.05) is 56.2 Å². The molecule has 172 valence electrons. The van der Waals surface area contributed by atoms with Crippen LogP contribution < -0.4 is 4.74 Å². The fraction of sp³-hybridized carbons (Fsp3) is 0.600. The second-order valence-corrected chi connectivity index (χ2v) is 9.77. The van der Waals surface area contributed by atoms with Crippen LogP contribution in [0.5, 0.6) is 5.75 Å². The lowest BCUT2D eigenvalue weighted by atomic mass is 9.67. The first-order valence-electron chi connectivity index (χ1n) is 11.8. The number of likely N-dealkylation sites (tertiary alicyclic amines) is 1. The zero-order valence-electron chi connectivity index (χ0n) is 19.3. The third-order valence-corrected chi connectivity index (χ3v) is 7.86. The van der Waals surface area contributed by atoms with E-state index >= 15 is 0 Å². The molecule has 7 heteroatoms. The lowest BCUT2D eigenvalue weighted by Gasteiger charge is -2.57. The Kier molecular flexibility index (Phi) is 5.19. The summed E-state index contributed by atoms with van der Waals surface area (Å²) in [6, 6.07) is 5.69. The van der Waals surface area contributed by atoms with Crippen LogP contribution in [0.2, 0.25) is 0 Å². The second-order valence-electron chi connectivity index (χ2n) is 9.77. The quantitative estimate of drug-likeness (QED) is 0.777. The van der Waals surface area contributed by atoms with Crippen molar-refractivity contribution in [3.63, 3.8) is 0 Å². The second kappa shape index (κ2) is 7.80. The Morgan fingerprint density at radius 1 is 1.22 bits per heavy atom. The number of ether oxygens (including phenoxy) is 1. The van der Waals surface area contributed by atoms with Gasteiger partial charge in [-0.2, -0.15) is 0 Å². The average molecular weight is 440 g/mol. The maximum atomic E-state index is 13.1. The summed E-state index contributed by atoms with van der Waals surface area (Å²) in [5.74, 6) is 1.29. The number of aryl methyl sites for hydroxylation is 1. The third-order valence-electron chi connectivity index (χ3n) is 7.86. The number of carbonyl (C=O) groups is 2. The number of aliphatic hydroxyl groups excluding tert-OH is 1. The Bertz CT molecular complexity index is 1060. The number of aliphatic hydroxyl groups is 1. The van der Waals surface area contributed by atoms with Crippen molar-refractivity contribution in [2.75, 3.05) is 33.4 Å². The summed E-state index contributed by atoms with van der Waals surface area (Å²) in [6.45, 7) is 3.69. The van der Waals surface area contributed by atoms with Crippen LogP contribution >= 0.6 is 0 Å².